The van der Waals surface area contributed by atoms with Crippen molar-refractivity contribution in [1.29, 1.82) is 0 Å². The fraction of sp³-hybridized carbons (Fsp3) is 0.118. The van der Waals surface area contributed by atoms with Crippen LogP contribution in [0, 0.1) is 0 Å². The molecule has 0 radical (unpaired) electrons. The average Bonchev–Trinajstić information content (AvgIpc) is 2.58. The Labute approximate surface area is 132 Å². The number of nitrogens with one attached hydrogen (secondary N) is 1. The number of rotatable bonds is 3. The molecule has 0 atom stereocenters. The second-order valence-corrected chi connectivity index (χ2v) is 4.96. The molecule has 6 nitrogen and oxygen atoms in total. The maximum atomic E-state index is 12.6. The van der Waals surface area contributed by atoms with Crippen molar-refractivity contribution >= 4 is 22.5 Å². The first-order valence-electron chi connectivity index (χ1n) is 7.01. The number of nitrogens with zero attached hydrogens (tertiary/aromatic N) is 2. The van der Waals surface area contributed by atoms with Crippen LogP contribution in [-0.4, -0.2) is 22.6 Å². The zero-order valence-corrected chi connectivity index (χ0v) is 12.7. The molecule has 3 rings (SSSR count). The summed E-state index contributed by atoms with van der Waals surface area (Å²) in [6, 6.07) is 12.2. The summed E-state index contributed by atoms with van der Waals surface area (Å²) in [6.45, 7) is 0. The smallest absolute Gasteiger partial charge is 0.277 e. The molecule has 23 heavy (non-hydrogen) atoms. The Morgan fingerprint density at radius 3 is 2.48 bits per heavy atom. The fourth-order valence-electron chi connectivity index (χ4n) is 2.50. The average molecular weight is 309 g/mol. The standard InChI is InChI=1S/C17H15N3O3/c1-20-14(16(21)19-13-9-5-6-10-18-13)15(23-2)11-7-3-4-8-12(11)17(20)22/h3-10H,1-2H3,(H,18,19,21). The Kier molecular flexibility index (Phi) is 3.80. The Morgan fingerprint density at radius 2 is 1.83 bits per heavy atom. The van der Waals surface area contributed by atoms with Crippen molar-refractivity contribution in [2.24, 2.45) is 7.05 Å². The SMILES string of the molecule is COc1c(C(=O)Nc2ccccn2)n(C)c(=O)c2ccccc12. The molecular formula is C17H15N3O3. The molecule has 0 unspecified atom stereocenters. The van der Waals surface area contributed by atoms with Gasteiger partial charge in [-0.25, -0.2) is 4.98 Å². The first kappa shape index (κ1) is 14.8. The largest absolute Gasteiger partial charge is 0.494 e. The van der Waals surface area contributed by atoms with E-state index in [0.29, 0.717) is 22.3 Å². The second kappa shape index (κ2) is 5.92. The summed E-state index contributed by atoms with van der Waals surface area (Å²) in [5.74, 6) is 0.308. The summed E-state index contributed by atoms with van der Waals surface area (Å²) < 4.78 is 6.70. The number of carbonyl (C=O) groups excluding carboxylic acids is 1. The van der Waals surface area contributed by atoms with Crippen molar-refractivity contribution in [3.8, 4) is 5.75 Å². The van der Waals surface area contributed by atoms with Gasteiger partial charge in [0.15, 0.2) is 11.4 Å². The molecule has 6 heteroatoms. The van der Waals surface area contributed by atoms with Gasteiger partial charge in [-0.1, -0.05) is 24.3 Å². The predicted octanol–water partition coefficient (Wildman–Crippen LogP) is 2.19. The molecule has 116 valence electrons. The predicted molar refractivity (Wildman–Crippen MR) is 87.9 cm³/mol. The maximum Gasteiger partial charge on any atom is 0.277 e. The number of ether oxygens (including phenoxy) is 1. The minimum absolute atomic E-state index is 0.154. The Bertz CT molecular complexity index is 933. The van der Waals surface area contributed by atoms with E-state index in [0.717, 1.165) is 0 Å². The van der Waals surface area contributed by atoms with Crippen molar-refractivity contribution in [3.05, 3.63) is 64.7 Å². The van der Waals surface area contributed by atoms with E-state index in [-0.39, 0.29) is 11.3 Å². The lowest BCUT2D eigenvalue weighted by Gasteiger charge is -2.15. The Balaban J connectivity index is 2.18. The number of pyridine rings is 2. The molecule has 0 bridgehead atoms. The van der Waals surface area contributed by atoms with E-state index >= 15 is 0 Å². The monoisotopic (exact) mass is 309 g/mol. The van der Waals surface area contributed by atoms with Crippen LogP contribution < -0.4 is 15.6 Å². The molecule has 0 aliphatic carbocycles. The maximum absolute atomic E-state index is 12.6. The van der Waals surface area contributed by atoms with Crippen LogP contribution in [0.1, 0.15) is 10.5 Å². The molecule has 1 amide bonds. The quantitative estimate of drug-likeness (QED) is 0.805. The number of methoxy groups -OCH3 is 1. The van der Waals surface area contributed by atoms with E-state index in [1.54, 1.807) is 55.7 Å². The van der Waals surface area contributed by atoms with Gasteiger partial charge in [-0.3, -0.25) is 9.59 Å². The molecular weight excluding hydrogens is 294 g/mol. The number of hydrogen-bond donors (Lipinski definition) is 1. The fourth-order valence-corrected chi connectivity index (χ4v) is 2.50. The van der Waals surface area contributed by atoms with Crippen molar-refractivity contribution in [2.45, 2.75) is 0 Å². The summed E-state index contributed by atoms with van der Waals surface area (Å²) in [6.07, 6.45) is 1.58. The summed E-state index contributed by atoms with van der Waals surface area (Å²) in [5.41, 5.74) is -0.102. The van der Waals surface area contributed by atoms with E-state index in [1.807, 2.05) is 0 Å². The molecule has 2 aromatic heterocycles. The van der Waals surface area contributed by atoms with Crippen LogP contribution in [0.2, 0.25) is 0 Å². The van der Waals surface area contributed by atoms with Crippen molar-refractivity contribution in [3.63, 3.8) is 0 Å². The lowest BCUT2D eigenvalue weighted by molar-refractivity contribution is 0.101. The van der Waals surface area contributed by atoms with Crippen molar-refractivity contribution in [1.82, 2.24) is 9.55 Å². The molecule has 0 aliphatic heterocycles. The molecule has 1 N–H and O–H groups in total. The molecule has 0 saturated carbocycles. The number of fused-ring (bicyclic) bond motifs is 1. The van der Waals surface area contributed by atoms with Gasteiger partial charge in [0, 0.05) is 18.6 Å². The summed E-state index contributed by atoms with van der Waals surface area (Å²) in [4.78, 5) is 29.2. The Hall–Kier alpha value is -3.15. The van der Waals surface area contributed by atoms with E-state index in [1.165, 1.54) is 11.7 Å². The number of carbonyl (C=O) groups is 1. The van der Waals surface area contributed by atoms with Crippen LogP contribution in [0.5, 0.6) is 5.75 Å². The topological polar surface area (TPSA) is 73.2 Å². The minimum atomic E-state index is -0.453. The highest BCUT2D eigenvalue weighted by atomic mass is 16.5. The van der Waals surface area contributed by atoms with E-state index in [4.69, 9.17) is 4.74 Å². The molecule has 0 fully saturated rings. The zero-order valence-electron chi connectivity index (χ0n) is 12.7. The molecule has 0 aliphatic rings. The lowest BCUT2D eigenvalue weighted by Crippen LogP contribution is -2.27. The van der Waals surface area contributed by atoms with Gasteiger partial charge in [0.2, 0.25) is 0 Å². The van der Waals surface area contributed by atoms with Crippen LogP contribution in [-0.2, 0) is 7.05 Å². The van der Waals surface area contributed by atoms with Gasteiger partial charge >= 0.3 is 0 Å². The number of anilines is 1. The van der Waals surface area contributed by atoms with Gasteiger partial charge in [0.1, 0.15) is 5.82 Å². The third-order valence-corrected chi connectivity index (χ3v) is 3.58. The molecule has 1 aromatic carbocycles. The Morgan fingerprint density at radius 1 is 1.13 bits per heavy atom. The third-order valence-electron chi connectivity index (χ3n) is 3.58. The van der Waals surface area contributed by atoms with Gasteiger partial charge in [-0.05, 0) is 18.2 Å². The molecule has 0 spiro atoms. The molecule has 3 aromatic rings. The molecule has 0 saturated heterocycles. The highest BCUT2D eigenvalue weighted by Gasteiger charge is 2.21. The van der Waals surface area contributed by atoms with Crippen LogP contribution >= 0.6 is 0 Å². The first-order chi connectivity index (χ1) is 11.1. The third kappa shape index (κ3) is 2.55. The van der Waals surface area contributed by atoms with Gasteiger partial charge in [-0.15, -0.1) is 0 Å². The summed E-state index contributed by atoms with van der Waals surface area (Å²) >= 11 is 0. The van der Waals surface area contributed by atoms with E-state index in [2.05, 4.69) is 10.3 Å². The van der Waals surface area contributed by atoms with Gasteiger partial charge < -0.3 is 14.6 Å². The van der Waals surface area contributed by atoms with Gasteiger partial charge in [0.05, 0.1) is 12.5 Å². The van der Waals surface area contributed by atoms with E-state index < -0.39 is 5.91 Å². The zero-order chi connectivity index (χ0) is 16.4. The number of aromatic nitrogens is 2. The van der Waals surface area contributed by atoms with Gasteiger partial charge in [-0.2, -0.15) is 0 Å². The van der Waals surface area contributed by atoms with E-state index in [9.17, 15) is 9.59 Å². The normalized spacial score (nSPS) is 10.5. The van der Waals surface area contributed by atoms with Crippen LogP contribution in [0.4, 0.5) is 5.82 Å². The first-order valence-corrected chi connectivity index (χ1v) is 7.01. The highest BCUT2D eigenvalue weighted by Crippen LogP contribution is 2.27. The van der Waals surface area contributed by atoms with Crippen molar-refractivity contribution in [2.75, 3.05) is 12.4 Å². The molecule has 2 heterocycles. The summed E-state index contributed by atoms with van der Waals surface area (Å²) in [5, 5.41) is 3.78. The number of benzene rings is 1. The van der Waals surface area contributed by atoms with Crippen LogP contribution in [0.25, 0.3) is 10.8 Å². The summed E-state index contributed by atoms with van der Waals surface area (Å²) in [7, 11) is 3.02. The number of amides is 1. The highest BCUT2D eigenvalue weighted by molar-refractivity contribution is 6.08. The number of hydrogen-bond acceptors (Lipinski definition) is 4. The van der Waals surface area contributed by atoms with Crippen molar-refractivity contribution < 1.29 is 9.53 Å². The van der Waals surface area contributed by atoms with Gasteiger partial charge in [0.25, 0.3) is 11.5 Å². The van der Waals surface area contributed by atoms with Crippen LogP contribution in [0.3, 0.4) is 0 Å². The minimum Gasteiger partial charge on any atom is -0.494 e. The second-order valence-electron chi connectivity index (χ2n) is 4.96. The lowest BCUT2D eigenvalue weighted by atomic mass is 10.1. The van der Waals surface area contributed by atoms with Crippen LogP contribution in [0.15, 0.2) is 53.5 Å².